The highest BCUT2D eigenvalue weighted by Crippen LogP contribution is 2.33. The van der Waals surface area contributed by atoms with E-state index in [0.717, 1.165) is 91.7 Å². The molecule has 3 atom stereocenters. The Morgan fingerprint density at radius 1 is 0.975 bits per heavy atom. The molecule has 7 nitrogen and oxygen atoms in total. The van der Waals surface area contributed by atoms with E-state index in [4.69, 9.17) is 14.5 Å². The fraction of sp³-hybridized carbons (Fsp3) is 0.500. The summed E-state index contributed by atoms with van der Waals surface area (Å²) in [7, 11) is 0. The fourth-order valence-electron chi connectivity index (χ4n) is 6.58. The Labute approximate surface area is 241 Å². The molecular formula is C32H40N4O3S. The molecule has 0 spiro atoms. The molecule has 4 bridgehead atoms. The van der Waals surface area contributed by atoms with Crippen LogP contribution >= 0.6 is 0 Å². The monoisotopic (exact) mass is 560 g/mol. The van der Waals surface area contributed by atoms with Crippen molar-refractivity contribution in [2.24, 2.45) is 17.8 Å². The number of ether oxygens (including phenoxy) is 2. The Morgan fingerprint density at radius 3 is 2.60 bits per heavy atom. The lowest BCUT2D eigenvalue weighted by Gasteiger charge is -2.40. The van der Waals surface area contributed by atoms with Gasteiger partial charge in [0.05, 0.1) is 12.3 Å². The average molecular weight is 561 g/mol. The van der Waals surface area contributed by atoms with Gasteiger partial charge < -0.3 is 18.9 Å². The van der Waals surface area contributed by atoms with Crippen LogP contribution in [0.1, 0.15) is 42.4 Å². The number of hydrogen-bond acceptors (Lipinski definition) is 7. The first-order valence-electron chi connectivity index (χ1n) is 14.7. The van der Waals surface area contributed by atoms with E-state index in [2.05, 4.69) is 58.8 Å². The molecule has 2 aromatic carbocycles. The van der Waals surface area contributed by atoms with Crippen LogP contribution in [0.4, 0.5) is 5.95 Å². The summed E-state index contributed by atoms with van der Waals surface area (Å²) in [6.07, 6.45) is 5.58. The van der Waals surface area contributed by atoms with Crippen molar-refractivity contribution < 1.29 is 14.0 Å². The van der Waals surface area contributed by atoms with Crippen LogP contribution in [0.3, 0.4) is 0 Å². The summed E-state index contributed by atoms with van der Waals surface area (Å²) in [5.74, 6) is 2.56. The van der Waals surface area contributed by atoms with E-state index in [9.17, 15) is 4.55 Å². The van der Waals surface area contributed by atoms with Gasteiger partial charge in [-0.15, -0.1) is 0 Å². The Morgan fingerprint density at radius 2 is 1.77 bits per heavy atom. The highest BCUT2D eigenvalue weighted by Gasteiger charge is 2.32. The van der Waals surface area contributed by atoms with Crippen LogP contribution in [0, 0.1) is 31.6 Å². The molecule has 1 N–H and O–H groups in total. The summed E-state index contributed by atoms with van der Waals surface area (Å²) in [6.45, 7) is 9.92. The molecule has 3 aromatic rings. The molecule has 3 aliphatic heterocycles. The molecule has 212 valence electrons. The van der Waals surface area contributed by atoms with Crippen LogP contribution < -0.4 is 9.46 Å². The Kier molecular flexibility index (Phi) is 8.58. The molecule has 8 heteroatoms. The van der Waals surface area contributed by atoms with Gasteiger partial charge in [0.2, 0.25) is 5.88 Å². The largest absolute Gasteiger partial charge is 0.588 e. The second-order valence-electron chi connectivity index (χ2n) is 11.7. The SMILES string of the molecule is Cc1cccc(C)c1-c1cc2nc(n1)N[S+]([O-])c1cccc(c1)CCC1CCN(CC3CCOCC3)C[C@@H]1CO2. The van der Waals surface area contributed by atoms with Crippen LogP contribution in [0.5, 0.6) is 5.88 Å². The maximum atomic E-state index is 13.3. The van der Waals surface area contributed by atoms with Crippen molar-refractivity contribution in [3.05, 3.63) is 65.2 Å². The van der Waals surface area contributed by atoms with E-state index in [1.807, 2.05) is 18.2 Å². The average Bonchev–Trinajstić information content (AvgIpc) is 2.96. The molecule has 0 amide bonds. The quantitative estimate of drug-likeness (QED) is 0.419. The number of benzene rings is 2. The highest BCUT2D eigenvalue weighted by molar-refractivity contribution is 7.92. The molecule has 3 aliphatic rings. The van der Waals surface area contributed by atoms with Gasteiger partial charge in [-0.25, -0.2) is 4.98 Å². The van der Waals surface area contributed by atoms with Gasteiger partial charge in [-0.1, -0.05) is 30.3 Å². The standard InChI is InChI=1S/C32H40N4O3S/c1-22-5-3-6-23(2)31(22)29-18-30-34-32(33-29)35-40(37)28-8-4-7-24(17-28)9-10-26-11-14-36(20-27(26)21-39-30)19-25-12-15-38-16-13-25/h3-8,17-18,25-27H,9-16,19-21H2,1-2H3,(H,33,34,35)/t26?,27-,40?/m1/s1. The van der Waals surface area contributed by atoms with Crippen molar-refractivity contribution in [2.45, 2.75) is 50.8 Å². The molecule has 4 heterocycles. The number of rotatable bonds is 3. The summed E-state index contributed by atoms with van der Waals surface area (Å²) in [6, 6.07) is 16.3. The van der Waals surface area contributed by atoms with Crippen molar-refractivity contribution in [2.75, 3.05) is 44.2 Å². The van der Waals surface area contributed by atoms with Gasteiger partial charge in [-0.3, -0.25) is 0 Å². The maximum Gasteiger partial charge on any atom is 0.269 e. The first-order chi connectivity index (χ1) is 19.5. The zero-order valence-electron chi connectivity index (χ0n) is 23.6. The minimum Gasteiger partial charge on any atom is -0.588 e. The molecule has 40 heavy (non-hydrogen) atoms. The molecule has 6 rings (SSSR count). The normalized spacial score (nSPS) is 24.3. The number of anilines is 1. The lowest BCUT2D eigenvalue weighted by molar-refractivity contribution is 0.0283. The summed E-state index contributed by atoms with van der Waals surface area (Å²) in [5.41, 5.74) is 5.33. The van der Waals surface area contributed by atoms with Crippen LogP contribution in [0.25, 0.3) is 11.3 Å². The van der Waals surface area contributed by atoms with Gasteiger partial charge in [-0.05, 0) is 93.2 Å². The fourth-order valence-corrected chi connectivity index (χ4v) is 7.41. The number of fused-ring (bicyclic) bond motifs is 5. The summed E-state index contributed by atoms with van der Waals surface area (Å²) in [5, 5.41) is 0. The third-order valence-electron chi connectivity index (χ3n) is 8.82. The molecule has 2 fully saturated rings. The molecule has 2 saturated heterocycles. The van der Waals surface area contributed by atoms with Gasteiger partial charge in [-0.2, -0.15) is 9.71 Å². The van der Waals surface area contributed by atoms with Crippen LogP contribution in [0.15, 0.2) is 53.4 Å². The number of aromatic nitrogens is 2. The minimum atomic E-state index is -1.48. The number of nitrogens with zero attached hydrogens (tertiary/aromatic N) is 3. The lowest BCUT2D eigenvalue weighted by Crippen LogP contribution is -2.45. The van der Waals surface area contributed by atoms with E-state index >= 15 is 0 Å². The van der Waals surface area contributed by atoms with E-state index in [-0.39, 0.29) is 0 Å². The number of hydrogen-bond donors (Lipinski definition) is 1. The molecule has 1 aromatic heterocycles. The molecule has 0 saturated carbocycles. The van der Waals surface area contributed by atoms with E-state index in [0.29, 0.717) is 30.3 Å². The number of likely N-dealkylation sites (tertiary alicyclic amines) is 1. The van der Waals surface area contributed by atoms with Crippen LogP contribution in [0.2, 0.25) is 0 Å². The van der Waals surface area contributed by atoms with E-state index in [1.165, 1.54) is 12.0 Å². The zero-order valence-corrected chi connectivity index (χ0v) is 24.4. The number of aryl methyl sites for hydroxylation is 3. The van der Waals surface area contributed by atoms with E-state index < -0.39 is 11.4 Å². The lowest BCUT2D eigenvalue weighted by atomic mass is 9.81. The minimum absolute atomic E-state index is 0.317. The predicted octanol–water partition coefficient (Wildman–Crippen LogP) is 5.58. The van der Waals surface area contributed by atoms with Crippen molar-refractivity contribution in [1.82, 2.24) is 14.9 Å². The van der Waals surface area contributed by atoms with Crippen molar-refractivity contribution >= 4 is 17.3 Å². The predicted molar refractivity (Wildman–Crippen MR) is 159 cm³/mol. The van der Waals surface area contributed by atoms with Crippen molar-refractivity contribution in [3.63, 3.8) is 0 Å². The summed E-state index contributed by atoms with van der Waals surface area (Å²) < 4.78 is 28.5. The van der Waals surface area contributed by atoms with Crippen LogP contribution in [-0.2, 0) is 22.5 Å². The van der Waals surface area contributed by atoms with Crippen molar-refractivity contribution in [1.29, 1.82) is 0 Å². The zero-order chi connectivity index (χ0) is 27.5. The van der Waals surface area contributed by atoms with Gasteiger partial charge in [0, 0.05) is 43.9 Å². The van der Waals surface area contributed by atoms with Gasteiger partial charge in [0.1, 0.15) is 11.4 Å². The molecular weight excluding hydrogens is 520 g/mol. The molecule has 2 unspecified atom stereocenters. The smallest absolute Gasteiger partial charge is 0.269 e. The maximum absolute atomic E-state index is 13.3. The van der Waals surface area contributed by atoms with Crippen LogP contribution in [-0.4, -0.2) is 58.9 Å². The third kappa shape index (κ3) is 6.46. The van der Waals surface area contributed by atoms with Gasteiger partial charge in [0.25, 0.3) is 5.95 Å². The van der Waals surface area contributed by atoms with Gasteiger partial charge in [0.15, 0.2) is 4.90 Å². The first kappa shape index (κ1) is 27.5. The topological polar surface area (TPSA) is 82.6 Å². The Hall–Kier alpha value is -2.65. The second kappa shape index (κ2) is 12.5. The second-order valence-corrected chi connectivity index (χ2v) is 12.9. The molecule has 0 radical (unpaired) electrons. The van der Waals surface area contributed by atoms with Gasteiger partial charge >= 0.3 is 0 Å². The summed E-state index contributed by atoms with van der Waals surface area (Å²) >= 11 is -1.48. The third-order valence-corrected chi connectivity index (χ3v) is 9.87. The molecule has 0 aliphatic carbocycles. The summed E-state index contributed by atoms with van der Waals surface area (Å²) in [4.78, 5) is 12.9. The van der Waals surface area contributed by atoms with E-state index in [1.54, 1.807) is 0 Å². The van der Waals surface area contributed by atoms with Crippen molar-refractivity contribution in [3.8, 4) is 17.1 Å². The Balaban J connectivity index is 1.31. The number of piperidine rings is 1. The number of nitrogens with one attached hydrogen (secondary N) is 1. The Bertz CT molecular complexity index is 1290. The first-order valence-corrected chi connectivity index (χ1v) is 15.8. The highest BCUT2D eigenvalue weighted by atomic mass is 32.2.